The van der Waals surface area contributed by atoms with Crippen LogP contribution in [0.1, 0.15) is 28.8 Å². The smallest absolute Gasteiger partial charge is 0.267 e. The molecular weight excluding hydrogens is 282 g/mol. The molecule has 1 N–H and O–H groups in total. The number of hydrogen-bond donors (Lipinski definition) is 1. The van der Waals surface area contributed by atoms with Crippen LogP contribution in [0.4, 0.5) is 5.13 Å². The summed E-state index contributed by atoms with van der Waals surface area (Å²) in [5.41, 5.74) is 0. The van der Waals surface area contributed by atoms with Crippen molar-refractivity contribution in [3.8, 4) is 0 Å². The first kappa shape index (κ1) is 12.2. The Morgan fingerprint density at radius 2 is 2.37 bits per heavy atom. The summed E-state index contributed by atoms with van der Waals surface area (Å²) in [6.07, 6.45) is 1.80. The first-order chi connectivity index (χ1) is 9.28. The first-order valence-corrected chi connectivity index (χ1v) is 7.53. The van der Waals surface area contributed by atoms with Gasteiger partial charge in [0.2, 0.25) is 10.1 Å². The number of rotatable bonds is 4. The molecule has 0 fully saturated rings. The van der Waals surface area contributed by atoms with E-state index in [1.165, 1.54) is 22.7 Å². The van der Waals surface area contributed by atoms with Crippen LogP contribution in [0.25, 0.3) is 4.96 Å². The predicted octanol–water partition coefficient (Wildman–Crippen LogP) is 2.45. The van der Waals surface area contributed by atoms with Gasteiger partial charge >= 0.3 is 0 Å². The lowest BCUT2D eigenvalue weighted by atomic mass is 10.3. The molecule has 0 bridgehead atoms. The van der Waals surface area contributed by atoms with E-state index in [2.05, 4.69) is 27.5 Å². The number of anilines is 1. The fourth-order valence-corrected chi connectivity index (χ4v) is 3.03. The van der Waals surface area contributed by atoms with Gasteiger partial charge in [-0.15, -0.1) is 26.6 Å². The lowest BCUT2D eigenvalue weighted by Crippen LogP contribution is -2.10. The summed E-state index contributed by atoms with van der Waals surface area (Å²) < 4.78 is 1.69. The van der Waals surface area contributed by atoms with E-state index in [0.29, 0.717) is 15.0 Å². The van der Waals surface area contributed by atoms with E-state index in [9.17, 15) is 4.79 Å². The summed E-state index contributed by atoms with van der Waals surface area (Å²) in [6.45, 7) is 2.08. The third-order valence-electron chi connectivity index (χ3n) is 2.49. The highest BCUT2D eigenvalue weighted by atomic mass is 32.1. The molecule has 0 saturated carbocycles. The van der Waals surface area contributed by atoms with Crippen LogP contribution in [-0.2, 0) is 6.42 Å². The van der Waals surface area contributed by atoms with Crippen LogP contribution in [-0.4, -0.2) is 25.7 Å². The molecule has 1 amide bonds. The maximum atomic E-state index is 11.9. The van der Waals surface area contributed by atoms with E-state index in [-0.39, 0.29) is 5.91 Å². The van der Waals surface area contributed by atoms with Crippen LogP contribution in [0.2, 0.25) is 0 Å². The van der Waals surface area contributed by atoms with E-state index in [1.54, 1.807) is 10.6 Å². The van der Waals surface area contributed by atoms with Crippen molar-refractivity contribution < 1.29 is 4.79 Å². The molecule has 98 valence electrons. The van der Waals surface area contributed by atoms with Gasteiger partial charge in [0.25, 0.3) is 5.91 Å². The molecule has 8 heteroatoms. The summed E-state index contributed by atoms with van der Waals surface area (Å²) >= 11 is 2.72. The second-order valence-corrected chi connectivity index (χ2v) is 5.80. The fourth-order valence-electron chi connectivity index (χ4n) is 1.65. The van der Waals surface area contributed by atoms with Crippen molar-refractivity contribution in [2.75, 3.05) is 5.32 Å². The summed E-state index contributed by atoms with van der Waals surface area (Å²) in [6, 6.07) is 3.63. The molecule has 0 aliphatic carbocycles. The van der Waals surface area contributed by atoms with Crippen LogP contribution in [0.5, 0.6) is 0 Å². The Bertz CT molecular complexity index is 700. The van der Waals surface area contributed by atoms with Gasteiger partial charge in [0, 0.05) is 6.42 Å². The van der Waals surface area contributed by atoms with Crippen molar-refractivity contribution in [2.45, 2.75) is 19.8 Å². The van der Waals surface area contributed by atoms with Gasteiger partial charge in [-0.05, 0) is 17.9 Å². The molecule has 0 atom stereocenters. The number of nitrogens with one attached hydrogen (secondary N) is 1. The number of fused-ring (bicyclic) bond motifs is 1. The number of nitrogens with zero attached hydrogens (tertiary/aromatic N) is 4. The molecule has 3 heterocycles. The molecular formula is C11H11N5OS2. The largest absolute Gasteiger partial charge is 0.296 e. The quantitative estimate of drug-likeness (QED) is 0.802. The minimum atomic E-state index is -0.142. The highest BCUT2D eigenvalue weighted by Gasteiger charge is 2.14. The van der Waals surface area contributed by atoms with Crippen LogP contribution >= 0.6 is 22.7 Å². The molecule has 0 aliphatic heterocycles. The summed E-state index contributed by atoms with van der Waals surface area (Å²) in [5, 5.41) is 17.6. The second-order valence-electron chi connectivity index (χ2n) is 3.90. The Labute approximate surface area is 117 Å². The third kappa shape index (κ3) is 2.36. The topological polar surface area (TPSA) is 72.2 Å². The maximum absolute atomic E-state index is 11.9. The number of aryl methyl sites for hydroxylation is 1. The van der Waals surface area contributed by atoms with Crippen LogP contribution < -0.4 is 5.32 Å². The average Bonchev–Trinajstić information content (AvgIpc) is 3.07. The van der Waals surface area contributed by atoms with E-state index >= 15 is 0 Å². The summed E-state index contributed by atoms with van der Waals surface area (Å²) in [4.78, 5) is 13.3. The molecule has 0 aromatic carbocycles. The van der Waals surface area contributed by atoms with Crippen molar-refractivity contribution >= 4 is 38.7 Å². The van der Waals surface area contributed by atoms with Gasteiger partial charge in [-0.2, -0.15) is 4.52 Å². The molecule has 19 heavy (non-hydrogen) atoms. The second kappa shape index (κ2) is 5.06. The van der Waals surface area contributed by atoms with E-state index < -0.39 is 0 Å². The van der Waals surface area contributed by atoms with Crippen molar-refractivity contribution in [3.63, 3.8) is 0 Å². The maximum Gasteiger partial charge on any atom is 0.267 e. The van der Waals surface area contributed by atoms with E-state index in [1.807, 2.05) is 11.4 Å². The Hall–Kier alpha value is -1.80. The molecule has 0 unspecified atom stereocenters. The fraction of sp³-hybridized carbons (Fsp3) is 0.273. The van der Waals surface area contributed by atoms with Crippen LogP contribution in [0, 0.1) is 0 Å². The molecule has 3 aromatic heterocycles. The van der Waals surface area contributed by atoms with Gasteiger partial charge in [-0.25, -0.2) is 0 Å². The Morgan fingerprint density at radius 1 is 1.47 bits per heavy atom. The van der Waals surface area contributed by atoms with Crippen molar-refractivity contribution in [1.29, 1.82) is 0 Å². The zero-order chi connectivity index (χ0) is 13.2. The lowest BCUT2D eigenvalue weighted by Gasteiger charge is -1.97. The number of carbonyl (C=O) groups excluding carboxylic acids is 1. The average molecular weight is 293 g/mol. The van der Waals surface area contributed by atoms with Gasteiger partial charge in [0.15, 0.2) is 5.82 Å². The molecule has 3 aromatic rings. The van der Waals surface area contributed by atoms with Crippen molar-refractivity contribution in [2.24, 2.45) is 0 Å². The van der Waals surface area contributed by atoms with Gasteiger partial charge in [0.1, 0.15) is 0 Å². The Morgan fingerprint density at radius 3 is 3.11 bits per heavy atom. The summed E-state index contributed by atoms with van der Waals surface area (Å²) in [7, 11) is 0. The highest BCUT2D eigenvalue weighted by molar-refractivity contribution is 7.20. The molecule has 0 spiro atoms. The van der Waals surface area contributed by atoms with Crippen LogP contribution in [0.3, 0.4) is 0 Å². The van der Waals surface area contributed by atoms with E-state index in [4.69, 9.17) is 0 Å². The van der Waals surface area contributed by atoms with E-state index in [0.717, 1.165) is 18.7 Å². The molecule has 3 rings (SSSR count). The normalized spacial score (nSPS) is 11.0. The van der Waals surface area contributed by atoms with Gasteiger partial charge < -0.3 is 0 Å². The van der Waals surface area contributed by atoms with Crippen molar-refractivity contribution in [1.82, 2.24) is 19.8 Å². The Kier molecular flexibility index (Phi) is 3.26. The van der Waals surface area contributed by atoms with Crippen molar-refractivity contribution in [3.05, 3.63) is 28.2 Å². The van der Waals surface area contributed by atoms with Gasteiger partial charge in [-0.1, -0.05) is 24.3 Å². The monoisotopic (exact) mass is 293 g/mol. The number of aromatic nitrogens is 4. The zero-order valence-corrected chi connectivity index (χ0v) is 11.8. The molecule has 6 nitrogen and oxygen atoms in total. The molecule has 0 saturated heterocycles. The Balaban J connectivity index is 1.84. The number of thiophene rings is 1. The van der Waals surface area contributed by atoms with Gasteiger partial charge in [0.05, 0.1) is 4.88 Å². The predicted molar refractivity (Wildman–Crippen MR) is 74.9 cm³/mol. The lowest BCUT2D eigenvalue weighted by molar-refractivity contribution is 0.103. The van der Waals surface area contributed by atoms with Gasteiger partial charge in [-0.3, -0.25) is 10.1 Å². The molecule has 0 aliphatic rings. The highest BCUT2D eigenvalue weighted by Crippen LogP contribution is 2.20. The molecule has 0 radical (unpaired) electrons. The first-order valence-electron chi connectivity index (χ1n) is 5.84. The van der Waals surface area contributed by atoms with Crippen LogP contribution in [0.15, 0.2) is 17.5 Å². The standard InChI is InChI=1S/C11H11N5OS2/c1-2-4-8-13-14-11-16(8)15-10(19-11)12-9(17)7-5-3-6-18-7/h3,5-6H,2,4H2,1H3,(H,12,15,17). The number of carbonyl (C=O) groups is 1. The minimum absolute atomic E-state index is 0.142. The third-order valence-corrected chi connectivity index (χ3v) is 4.18. The number of hydrogen-bond acceptors (Lipinski definition) is 6. The zero-order valence-electron chi connectivity index (χ0n) is 10.2. The SMILES string of the molecule is CCCc1nnc2sc(NC(=O)c3cccs3)nn12. The minimum Gasteiger partial charge on any atom is -0.296 e. The number of amides is 1. The summed E-state index contributed by atoms with van der Waals surface area (Å²) in [5.74, 6) is 0.683.